The van der Waals surface area contributed by atoms with Crippen LogP contribution >= 0.6 is 0 Å². The van der Waals surface area contributed by atoms with Gasteiger partial charge in [0.1, 0.15) is 0 Å². The van der Waals surface area contributed by atoms with E-state index in [9.17, 15) is 4.79 Å². The molecule has 3 rings (SSSR count). The number of aryl methyl sites for hydroxylation is 1. The molecule has 29 heavy (non-hydrogen) atoms. The maximum atomic E-state index is 12.6. The molecule has 2 N–H and O–H groups in total. The molecule has 1 amide bonds. The predicted molar refractivity (Wildman–Crippen MR) is 117 cm³/mol. The summed E-state index contributed by atoms with van der Waals surface area (Å²) >= 11 is 0. The zero-order chi connectivity index (χ0) is 20.8. The number of aromatic amines is 1. The lowest BCUT2D eigenvalue weighted by Crippen LogP contribution is -2.26. The molecule has 0 aliphatic heterocycles. The lowest BCUT2D eigenvalue weighted by atomic mass is 9.87. The number of nitrogens with one attached hydrogen (secondary N) is 2. The van der Waals surface area contributed by atoms with Crippen LogP contribution < -0.4 is 14.8 Å². The number of methoxy groups -OCH3 is 2. The SMILES string of the molecule is CCCNC(=O)C[C@@H](c1ccc(OC)c(OC)c1)c1c[nH]c2c(CC)cccc12. The summed E-state index contributed by atoms with van der Waals surface area (Å²) in [7, 11) is 3.25. The third-order valence-electron chi connectivity index (χ3n) is 5.36. The Balaban J connectivity index is 2.08. The maximum absolute atomic E-state index is 12.6. The zero-order valence-electron chi connectivity index (χ0n) is 17.7. The summed E-state index contributed by atoms with van der Waals surface area (Å²) in [4.78, 5) is 16.1. The summed E-state index contributed by atoms with van der Waals surface area (Å²) in [6, 6.07) is 12.2. The Morgan fingerprint density at radius 1 is 1.10 bits per heavy atom. The topological polar surface area (TPSA) is 63.4 Å². The van der Waals surface area contributed by atoms with Crippen LogP contribution in [0.4, 0.5) is 0 Å². The van der Waals surface area contributed by atoms with Gasteiger partial charge >= 0.3 is 0 Å². The molecule has 1 heterocycles. The molecule has 2 aromatic carbocycles. The minimum atomic E-state index is -0.0903. The van der Waals surface area contributed by atoms with E-state index in [0.29, 0.717) is 24.5 Å². The van der Waals surface area contributed by atoms with Crippen molar-refractivity contribution in [1.29, 1.82) is 0 Å². The normalized spacial score (nSPS) is 12.0. The molecule has 3 aromatic rings. The monoisotopic (exact) mass is 394 g/mol. The molecule has 5 nitrogen and oxygen atoms in total. The van der Waals surface area contributed by atoms with Gasteiger partial charge in [0.2, 0.25) is 5.91 Å². The summed E-state index contributed by atoms with van der Waals surface area (Å²) in [5.74, 6) is 1.30. The van der Waals surface area contributed by atoms with Crippen molar-refractivity contribution in [2.45, 2.75) is 39.0 Å². The molecule has 1 aromatic heterocycles. The van der Waals surface area contributed by atoms with Gasteiger partial charge in [0.25, 0.3) is 0 Å². The van der Waals surface area contributed by atoms with Crippen molar-refractivity contribution in [2.24, 2.45) is 0 Å². The first-order valence-corrected chi connectivity index (χ1v) is 10.2. The molecule has 0 aliphatic carbocycles. The lowest BCUT2D eigenvalue weighted by Gasteiger charge is -2.19. The van der Waals surface area contributed by atoms with E-state index in [2.05, 4.69) is 42.3 Å². The van der Waals surface area contributed by atoms with Crippen LogP contribution in [0.5, 0.6) is 11.5 Å². The quantitative estimate of drug-likeness (QED) is 0.548. The summed E-state index contributed by atoms with van der Waals surface area (Å²) in [5.41, 5.74) is 4.56. The number of benzene rings is 2. The van der Waals surface area contributed by atoms with Gasteiger partial charge in [0.05, 0.1) is 14.2 Å². The van der Waals surface area contributed by atoms with Crippen LogP contribution in [0.2, 0.25) is 0 Å². The highest BCUT2D eigenvalue weighted by Crippen LogP contribution is 2.38. The minimum absolute atomic E-state index is 0.0487. The van der Waals surface area contributed by atoms with Gasteiger partial charge < -0.3 is 19.8 Å². The number of ether oxygens (including phenoxy) is 2. The highest BCUT2D eigenvalue weighted by atomic mass is 16.5. The second-order valence-corrected chi connectivity index (χ2v) is 7.16. The van der Waals surface area contributed by atoms with E-state index in [1.165, 1.54) is 5.56 Å². The number of carbonyl (C=O) groups excluding carboxylic acids is 1. The van der Waals surface area contributed by atoms with Crippen LogP contribution in [0, 0.1) is 0 Å². The van der Waals surface area contributed by atoms with E-state index in [1.807, 2.05) is 24.4 Å². The lowest BCUT2D eigenvalue weighted by molar-refractivity contribution is -0.121. The van der Waals surface area contributed by atoms with Crippen molar-refractivity contribution < 1.29 is 14.3 Å². The third-order valence-corrected chi connectivity index (χ3v) is 5.36. The highest BCUT2D eigenvalue weighted by Gasteiger charge is 2.23. The molecule has 0 unspecified atom stereocenters. The van der Waals surface area contributed by atoms with Gasteiger partial charge in [0.15, 0.2) is 11.5 Å². The molecule has 0 aliphatic rings. The summed E-state index contributed by atoms with van der Waals surface area (Å²) in [6.45, 7) is 4.89. The van der Waals surface area contributed by atoms with E-state index in [-0.39, 0.29) is 11.8 Å². The smallest absolute Gasteiger partial charge is 0.220 e. The Hall–Kier alpha value is -2.95. The van der Waals surface area contributed by atoms with Crippen molar-refractivity contribution in [3.63, 3.8) is 0 Å². The van der Waals surface area contributed by atoms with E-state index < -0.39 is 0 Å². The molecular weight excluding hydrogens is 364 g/mol. The van der Waals surface area contributed by atoms with Gasteiger partial charge in [-0.25, -0.2) is 0 Å². The van der Waals surface area contributed by atoms with Crippen LogP contribution in [0.3, 0.4) is 0 Å². The van der Waals surface area contributed by atoms with Gasteiger partial charge in [-0.15, -0.1) is 0 Å². The van der Waals surface area contributed by atoms with Gasteiger partial charge in [-0.3, -0.25) is 4.79 Å². The van der Waals surface area contributed by atoms with Crippen LogP contribution in [0.1, 0.15) is 49.3 Å². The van der Waals surface area contributed by atoms with Crippen molar-refractivity contribution in [1.82, 2.24) is 10.3 Å². The van der Waals surface area contributed by atoms with E-state index >= 15 is 0 Å². The van der Waals surface area contributed by atoms with Gasteiger partial charge in [-0.2, -0.15) is 0 Å². The molecule has 0 bridgehead atoms. The zero-order valence-corrected chi connectivity index (χ0v) is 17.7. The summed E-state index contributed by atoms with van der Waals surface area (Å²) in [6.07, 6.45) is 4.28. The highest BCUT2D eigenvalue weighted by molar-refractivity contribution is 5.88. The second-order valence-electron chi connectivity index (χ2n) is 7.16. The number of hydrogen-bond acceptors (Lipinski definition) is 3. The number of aromatic nitrogens is 1. The average molecular weight is 395 g/mol. The minimum Gasteiger partial charge on any atom is -0.493 e. The molecule has 0 fully saturated rings. The first-order valence-electron chi connectivity index (χ1n) is 10.2. The van der Waals surface area contributed by atoms with Crippen molar-refractivity contribution in [2.75, 3.05) is 20.8 Å². The van der Waals surface area contributed by atoms with E-state index in [0.717, 1.165) is 34.9 Å². The number of amides is 1. The molecule has 154 valence electrons. The second kappa shape index (κ2) is 9.50. The van der Waals surface area contributed by atoms with Crippen LogP contribution in [0.15, 0.2) is 42.6 Å². The largest absolute Gasteiger partial charge is 0.493 e. The number of carbonyl (C=O) groups is 1. The fraction of sp³-hybridized carbons (Fsp3) is 0.375. The van der Waals surface area contributed by atoms with Gasteiger partial charge in [0, 0.05) is 36.0 Å². The first kappa shape index (κ1) is 20.8. The average Bonchev–Trinajstić information content (AvgIpc) is 3.19. The Labute approximate surface area is 172 Å². The number of H-pyrrole nitrogens is 1. The van der Waals surface area contributed by atoms with Gasteiger partial charge in [-0.1, -0.05) is 38.1 Å². The van der Waals surface area contributed by atoms with Crippen molar-refractivity contribution in [3.05, 3.63) is 59.3 Å². The third kappa shape index (κ3) is 4.39. The molecule has 0 spiro atoms. The van der Waals surface area contributed by atoms with Crippen LogP contribution in [0.25, 0.3) is 10.9 Å². The molecule has 1 atom stereocenters. The Kier molecular flexibility index (Phi) is 6.81. The number of hydrogen-bond donors (Lipinski definition) is 2. The van der Waals surface area contributed by atoms with Crippen molar-refractivity contribution in [3.8, 4) is 11.5 Å². The molecule has 0 radical (unpaired) electrons. The Bertz CT molecular complexity index is 977. The van der Waals surface area contributed by atoms with Crippen molar-refractivity contribution >= 4 is 16.8 Å². The molecular formula is C24H30N2O3. The predicted octanol–water partition coefficient (Wildman–Crippen LogP) is 4.80. The fourth-order valence-electron chi connectivity index (χ4n) is 3.82. The van der Waals surface area contributed by atoms with Gasteiger partial charge in [-0.05, 0) is 41.7 Å². The fourth-order valence-corrected chi connectivity index (χ4v) is 3.82. The maximum Gasteiger partial charge on any atom is 0.220 e. The molecule has 0 saturated carbocycles. The number of para-hydroxylation sites is 1. The molecule has 0 saturated heterocycles. The number of fused-ring (bicyclic) bond motifs is 1. The van der Waals surface area contributed by atoms with E-state index in [4.69, 9.17) is 9.47 Å². The van der Waals surface area contributed by atoms with E-state index in [1.54, 1.807) is 14.2 Å². The molecule has 5 heteroatoms. The van der Waals surface area contributed by atoms with Crippen LogP contribution in [-0.2, 0) is 11.2 Å². The van der Waals surface area contributed by atoms with Crippen LogP contribution in [-0.4, -0.2) is 31.7 Å². The summed E-state index contributed by atoms with van der Waals surface area (Å²) < 4.78 is 10.9. The Morgan fingerprint density at radius 2 is 1.90 bits per heavy atom. The number of rotatable bonds is 9. The Morgan fingerprint density at radius 3 is 2.59 bits per heavy atom. The standard InChI is InChI=1S/C24H30N2O3/c1-5-12-25-23(27)14-19(17-10-11-21(28-3)22(13-17)29-4)20-15-26-24-16(6-2)8-7-9-18(20)24/h7-11,13,15,19,26H,5-6,12,14H2,1-4H3,(H,25,27)/t19-/m0/s1. The summed E-state index contributed by atoms with van der Waals surface area (Å²) in [5, 5.41) is 4.17. The first-order chi connectivity index (χ1) is 14.1.